The summed E-state index contributed by atoms with van der Waals surface area (Å²) >= 11 is 0. The molecule has 3 aromatic rings. The maximum Gasteiger partial charge on any atom is 0.296 e. The topological polar surface area (TPSA) is 118 Å². The molecule has 0 spiro atoms. The minimum Gasteiger partial charge on any atom is -0.271 e. The van der Waals surface area contributed by atoms with Crippen LogP contribution in [0.25, 0.3) is 10.8 Å². The molecule has 7 nitrogen and oxygen atoms in total. The third kappa shape index (κ3) is 3.86. The van der Waals surface area contributed by atoms with Gasteiger partial charge in [0.05, 0.1) is 16.8 Å². The second kappa shape index (κ2) is 6.30. The van der Waals surface area contributed by atoms with Gasteiger partial charge < -0.3 is 0 Å². The van der Waals surface area contributed by atoms with Crippen LogP contribution >= 0.6 is 0 Å². The highest BCUT2D eigenvalue weighted by atomic mass is 32.2. The van der Waals surface area contributed by atoms with Crippen molar-refractivity contribution >= 4 is 26.7 Å². The van der Waals surface area contributed by atoms with E-state index < -0.39 is 10.2 Å². The molecule has 0 aliphatic heterocycles. The van der Waals surface area contributed by atoms with E-state index in [4.69, 9.17) is 5.14 Å². The predicted molar refractivity (Wildman–Crippen MR) is 97.8 cm³/mol. The van der Waals surface area contributed by atoms with E-state index in [-0.39, 0.29) is 5.56 Å². The van der Waals surface area contributed by atoms with Crippen molar-refractivity contribution in [2.24, 2.45) is 5.14 Å². The van der Waals surface area contributed by atoms with Crippen LogP contribution in [0.4, 0.5) is 5.69 Å². The highest BCUT2D eigenvalue weighted by Gasteiger charge is 2.10. The Bertz CT molecular complexity index is 1120. The first-order valence-corrected chi connectivity index (χ1v) is 9.15. The number of aryl methyl sites for hydroxylation is 2. The lowest BCUT2D eigenvalue weighted by Crippen LogP contribution is -2.21. The van der Waals surface area contributed by atoms with Crippen molar-refractivity contribution < 1.29 is 8.42 Å². The normalized spacial score (nSPS) is 11.6. The number of hydrogen-bond donors (Lipinski definition) is 3. The van der Waals surface area contributed by atoms with E-state index in [0.717, 1.165) is 22.1 Å². The van der Waals surface area contributed by atoms with Gasteiger partial charge in [0.2, 0.25) is 0 Å². The number of H-pyrrole nitrogens is 1. The zero-order valence-electron chi connectivity index (χ0n) is 13.8. The molecule has 0 amide bonds. The van der Waals surface area contributed by atoms with Gasteiger partial charge in [0, 0.05) is 11.8 Å². The molecule has 0 unspecified atom stereocenters. The van der Waals surface area contributed by atoms with Crippen LogP contribution in [0.1, 0.15) is 22.4 Å². The molecule has 130 valence electrons. The molecule has 1 heterocycles. The van der Waals surface area contributed by atoms with Crippen LogP contribution in [0, 0.1) is 13.8 Å². The number of aromatic amines is 1. The molecule has 0 radical (unpaired) electrons. The van der Waals surface area contributed by atoms with E-state index in [1.807, 2.05) is 32.0 Å². The van der Waals surface area contributed by atoms with Crippen LogP contribution in [-0.2, 0) is 16.6 Å². The number of fused-ring (bicyclic) bond motifs is 1. The van der Waals surface area contributed by atoms with E-state index in [1.54, 1.807) is 18.2 Å². The Morgan fingerprint density at radius 3 is 2.48 bits per heavy atom. The lowest BCUT2D eigenvalue weighted by molar-refractivity contribution is 0.603. The molecule has 25 heavy (non-hydrogen) atoms. The van der Waals surface area contributed by atoms with Crippen LogP contribution < -0.4 is 15.4 Å². The van der Waals surface area contributed by atoms with E-state index in [1.165, 1.54) is 0 Å². The minimum absolute atomic E-state index is 0.230. The fraction of sp³-hybridized carbons (Fsp3) is 0.176. The molecule has 0 aliphatic carbocycles. The van der Waals surface area contributed by atoms with Gasteiger partial charge in [0.15, 0.2) is 0 Å². The molecule has 0 atom stereocenters. The number of aromatic nitrogens is 2. The molecular formula is C17H18N4O3S. The zero-order valence-corrected chi connectivity index (χ0v) is 14.6. The quantitative estimate of drug-likeness (QED) is 0.658. The van der Waals surface area contributed by atoms with Gasteiger partial charge in [0.25, 0.3) is 15.8 Å². The number of rotatable bonds is 4. The van der Waals surface area contributed by atoms with Crippen LogP contribution in [0.15, 0.2) is 41.2 Å². The highest BCUT2D eigenvalue weighted by Crippen LogP contribution is 2.21. The zero-order chi connectivity index (χ0) is 18.2. The van der Waals surface area contributed by atoms with Crippen LogP contribution in [0.5, 0.6) is 0 Å². The van der Waals surface area contributed by atoms with Gasteiger partial charge in [-0.25, -0.2) is 10.2 Å². The average Bonchev–Trinajstić information content (AvgIpc) is 2.51. The van der Waals surface area contributed by atoms with Crippen molar-refractivity contribution in [1.82, 2.24) is 10.2 Å². The number of anilines is 1. The van der Waals surface area contributed by atoms with Crippen LogP contribution in [-0.4, -0.2) is 18.6 Å². The summed E-state index contributed by atoms with van der Waals surface area (Å²) in [6.45, 7) is 3.94. The van der Waals surface area contributed by atoms with Gasteiger partial charge in [-0.05, 0) is 54.8 Å². The standard InChI is InChI=1S/C17H18N4O3S/c1-10-6-14-15(7-11(10)2)17(22)20-19-16(14)9-12-4-3-5-13(8-12)21-25(18,23)24/h3-8,21H,9H2,1-2H3,(H,20,22)(H2,18,23,24). The Balaban J connectivity index is 2.04. The number of hydrogen-bond acceptors (Lipinski definition) is 4. The molecule has 0 aliphatic rings. The Labute approximate surface area is 145 Å². The van der Waals surface area contributed by atoms with Gasteiger partial charge in [-0.3, -0.25) is 9.52 Å². The molecule has 3 rings (SSSR count). The Morgan fingerprint density at radius 1 is 1.12 bits per heavy atom. The van der Waals surface area contributed by atoms with Crippen LogP contribution in [0.3, 0.4) is 0 Å². The monoisotopic (exact) mass is 358 g/mol. The Morgan fingerprint density at radius 2 is 1.80 bits per heavy atom. The maximum absolute atomic E-state index is 12.0. The van der Waals surface area contributed by atoms with E-state index in [0.29, 0.717) is 23.2 Å². The summed E-state index contributed by atoms with van der Waals surface area (Å²) in [5.74, 6) is 0. The molecular weight excluding hydrogens is 340 g/mol. The first-order chi connectivity index (χ1) is 11.7. The fourth-order valence-corrected chi connectivity index (χ4v) is 3.17. The molecule has 4 N–H and O–H groups in total. The molecule has 2 aromatic carbocycles. The van der Waals surface area contributed by atoms with Crippen molar-refractivity contribution in [1.29, 1.82) is 0 Å². The third-order valence-corrected chi connectivity index (χ3v) is 4.56. The number of benzene rings is 2. The number of nitrogens with zero attached hydrogens (tertiary/aromatic N) is 1. The van der Waals surface area contributed by atoms with Gasteiger partial charge >= 0.3 is 0 Å². The van der Waals surface area contributed by atoms with Crippen molar-refractivity contribution in [3.05, 3.63) is 69.1 Å². The number of nitrogens with two attached hydrogens (primary N) is 1. The van der Waals surface area contributed by atoms with Gasteiger partial charge in [0.1, 0.15) is 0 Å². The third-order valence-electron chi connectivity index (χ3n) is 4.04. The molecule has 0 bridgehead atoms. The largest absolute Gasteiger partial charge is 0.296 e. The number of nitrogens with one attached hydrogen (secondary N) is 2. The maximum atomic E-state index is 12.0. The second-order valence-electron chi connectivity index (χ2n) is 6.01. The van der Waals surface area contributed by atoms with Crippen molar-refractivity contribution in [2.45, 2.75) is 20.3 Å². The van der Waals surface area contributed by atoms with Crippen molar-refractivity contribution in [2.75, 3.05) is 4.72 Å². The summed E-state index contributed by atoms with van der Waals surface area (Å²) in [5, 5.41) is 13.1. The summed E-state index contributed by atoms with van der Waals surface area (Å²) < 4.78 is 24.6. The first kappa shape index (κ1) is 17.1. The Hall–Kier alpha value is -2.71. The average molecular weight is 358 g/mol. The molecule has 0 saturated carbocycles. The minimum atomic E-state index is -3.83. The van der Waals surface area contributed by atoms with Crippen molar-refractivity contribution in [3.63, 3.8) is 0 Å². The van der Waals surface area contributed by atoms with E-state index >= 15 is 0 Å². The Kier molecular flexibility index (Phi) is 4.32. The highest BCUT2D eigenvalue weighted by molar-refractivity contribution is 7.90. The van der Waals surface area contributed by atoms with E-state index in [9.17, 15) is 13.2 Å². The fourth-order valence-electron chi connectivity index (χ4n) is 2.72. The summed E-state index contributed by atoms with van der Waals surface area (Å²) in [6.07, 6.45) is 0.440. The summed E-state index contributed by atoms with van der Waals surface area (Å²) in [6, 6.07) is 10.7. The van der Waals surface area contributed by atoms with Gasteiger partial charge in [-0.15, -0.1) is 0 Å². The summed E-state index contributed by atoms with van der Waals surface area (Å²) in [4.78, 5) is 12.0. The first-order valence-electron chi connectivity index (χ1n) is 7.61. The molecule has 0 fully saturated rings. The molecule has 8 heteroatoms. The summed E-state index contributed by atoms with van der Waals surface area (Å²) in [7, 11) is -3.83. The van der Waals surface area contributed by atoms with Crippen LogP contribution in [0.2, 0.25) is 0 Å². The molecule has 0 saturated heterocycles. The lowest BCUT2D eigenvalue weighted by atomic mass is 10.00. The van der Waals surface area contributed by atoms with Gasteiger partial charge in [-0.1, -0.05) is 12.1 Å². The SMILES string of the molecule is Cc1cc2c(Cc3cccc(NS(N)(=O)=O)c3)n[nH]c(=O)c2cc1C. The van der Waals surface area contributed by atoms with E-state index in [2.05, 4.69) is 14.9 Å². The van der Waals surface area contributed by atoms with Gasteiger partial charge in [-0.2, -0.15) is 13.5 Å². The smallest absolute Gasteiger partial charge is 0.271 e. The van der Waals surface area contributed by atoms with Crippen molar-refractivity contribution in [3.8, 4) is 0 Å². The summed E-state index contributed by atoms with van der Waals surface area (Å²) in [5.41, 5.74) is 3.81. The predicted octanol–water partition coefficient (Wildman–Crippen LogP) is 1.75. The molecule has 1 aromatic heterocycles. The second-order valence-corrected chi connectivity index (χ2v) is 7.30. The lowest BCUT2D eigenvalue weighted by Gasteiger charge is -2.09.